The summed E-state index contributed by atoms with van der Waals surface area (Å²) in [5.74, 6) is 0.222. The highest BCUT2D eigenvalue weighted by Crippen LogP contribution is 2.18. The van der Waals surface area contributed by atoms with Crippen LogP contribution in [0.4, 0.5) is 0 Å². The second kappa shape index (κ2) is 8.73. The van der Waals surface area contributed by atoms with Gasteiger partial charge in [0.05, 0.1) is 16.8 Å². The van der Waals surface area contributed by atoms with Gasteiger partial charge in [-0.1, -0.05) is 31.9 Å². The predicted octanol–water partition coefficient (Wildman–Crippen LogP) is 2.66. The number of aromatic nitrogens is 2. The van der Waals surface area contributed by atoms with E-state index >= 15 is 0 Å². The van der Waals surface area contributed by atoms with Crippen LogP contribution in [0.25, 0.3) is 11.0 Å². The van der Waals surface area contributed by atoms with Crippen LogP contribution in [0.2, 0.25) is 0 Å². The maximum absolute atomic E-state index is 12.4. The van der Waals surface area contributed by atoms with E-state index < -0.39 is 12.0 Å². The highest BCUT2D eigenvalue weighted by molar-refractivity contribution is 7.97. The fourth-order valence-corrected chi connectivity index (χ4v) is 3.07. The summed E-state index contributed by atoms with van der Waals surface area (Å²) in [7, 11) is 0. The van der Waals surface area contributed by atoms with Gasteiger partial charge in [0.2, 0.25) is 5.91 Å². The number of amides is 1. The molecule has 0 bridgehead atoms. The number of fused-ring (bicyclic) bond motifs is 1. The molecule has 0 aliphatic carbocycles. The Hall–Kier alpha value is -2.02. The number of carboxylic acid groups (broad SMARTS) is 1. The number of carbonyl (C=O) groups is 2. The van der Waals surface area contributed by atoms with E-state index in [4.69, 9.17) is 0 Å². The predicted molar refractivity (Wildman–Crippen MR) is 96.0 cm³/mol. The molecule has 2 N–H and O–H groups in total. The van der Waals surface area contributed by atoms with Gasteiger partial charge >= 0.3 is 5.97 Å². The lowest BCUT2D eigenvalue weighted by Gasteiger charge is -2.15. The third-order valence-corrected chi connectivity index (χ3v) is 4.34. The number of benzene rings is 1. The van der Waals surface area contributed by atoms with Crippen molar-refractivity contribution in [2.45, 2.75) is 44.5 Å². The van der Waals surface area contributed by atoms with Gasteiger partial charge in [0.25, 0.3) is 0 Å². The van der Waals surface area contributed by atoms with E-state index in [1.807, 2.05) is 42.0 Å². The summed E-state index contributed by atoms with van der Waals surface area (Å²) in [6.45, 7) is 2.07. The second-order valence-electron chi connectivity index (χ2n) is 5.64. The molecule has 1 aromatic heterocycles. The van der Waals surface area contributed by atoms with Crippen molar-refractivity contribution in [1.29, 1.82) is 0 Å². The van der Waals surface area contributed by atoms with Crippen molar-refractivity contribution in [2.75, 3.05) is 6.26 Å². The molecule has 0 saturated heterocycles. The first-order valence-corrected chi connectivity index (χ1v) is 9.41. The largest absolute Gasteiger partial charge is 0.480 e. The number of nitrogens with zero attached hydrogens (tertiary/aromatic N) is 2. The van der Waals surface area contributed by atoms with Crippen molar-refractivity contribution in [3.8, 4) is 0 Å². The third kappa shape index (κ3) is 4.50. The molecule has 7 heteroatoms. The van der Waals surface area contributed by atoms with Crippen LogP contribution in [0.3, 0.4) is 0 Å². The summed E-state index contributed by atoms with van der Waals surface area (Å²) in [6.07, 6.45) is 4.08. The Morgan fingerprint density at radius 1 is 1.38 bits per heavy atom. The number of rotatable bonds is 9. The third-order valence-electron chi connectivity index (χ3n) is 3.79. The number of hydrogen-bond donors (Lipinski definition) is 2. The van der Waals surface area contributed by atoms with Gasteiger partial charge in [-0.15, -0.1) is 0 Å². The van der Waals surface area contributed by atoms with Gasteiger partial charge in [-0.05, 0) is 24.8 Å². The number of para-hydroxylation sites is 2. The quantitative estimate of drug-likeness (QED) is 0.727. The summed E-state index contributed by atoms with van der Waals surface area (Å²) in [5.41, 5.74) is 1.73. The van der Waals surface area contributed by atoms with Gasteiger partial charge in [0.1, 0.15) is 18.4 Å². The first-order valence-electron chi connectivity index (χ1n) is 8.02. The number of hydrogen-bond acceptors (Lipinski definition) is 4. The Balaban J connectivity index is 2.17. The minimum Gasteiger partial charge on any atom is -0.480 e. The highest BCUT2D eigenvalue weighted by atomic mass is 32.2. The Morgan fingerprint density at radius 2 is 2.12 bits per heavy atom. The molecule has 0 spiro atoms. The topological polar surface area (TPSA) is 84.2 Å². The zero-order valence-electron chi connectivity index (χ0n) is 14.0. The Labute approximate surface area is 145 Å². The van der Waals surface area contributed by atoms with E-state index in [9.17, 15) is 14.7 Å². The molecule has 0 unspecified atom stereocenters. The second-order valence-corrected chi connectivity index (χ2v) is 6.50. The van der Waals surface area contributed by atoms with Gasteiger partial charge < -0.3 is 15.0 Å². The van der Waals surface area contributed by atoms with E-state index in [2.05, 4.69) is 10.3 Å². The van der Waals surface area contributed by atoms with E-state index in [0.29, 0.717) is 12.2 Å². The van der Waals surface area contributed by atoms with Crippen LogP contribution in [-0.4, -0.2) is 38.8 Å². The first kappa shape index (κ1) is 18.3. The Morgan fingerprint density at radius 3 is 2.79 bits per heavy atom. The molecule has 2 aromatic rings. The molecule has 24 heavy (non-hydrogen) atoms. The summed E-state index contributed by atoms with van der Waals surface area (Å²) < 4.78 is 1.86. The highest BCUT2D eigenvalue weighted by Gasteiger charge is 2.20. The smallest absolute Gasteiger partial charge is 0.326 e. The molecule has 1 heterocycles. The van der Waals surface area contributed by atoms with Crippen molar-refractivity contribution in [1.82, 2.24) is 14.9 Å². The molecule has 0 aliphatic heterocycles. The molecular formula is C17H23N3O3S. The molecule has 0 aliphatic rings. The van der Waals surface area contributed by atoms with Crippen molar-refractivity contribution in [3.05, 3.63) is 30.1 Å². The van der Waals surface area contributed by atoms with Crippen molar-refractivity contribution >= 4 is 34.7 Å². The van der Waals surface area contributed by atoms with Gasteiger partial charge in [-0.3, -0.25) is 4.79 Å². The van der Waals surface area contributed by atoms with Crippen LogP contribution >= 0.6 is 11.8 Å². The lowest BCUT2D eigenvalue weighted by atomic mass is 10.1. The van der Waals surface area contributed by atoms with Crippen molar-refractivity contribution < 1.29 is 14.7 Å². The fourth-order valence-electron chi connectivity index (χ4n) is 2.59. The van der Waals surface area contributed by atoms with Crippen LogP contribution in [0.5, 0.6) is 0 Å². The molecule has 2 rings (SSSR count). The van der Waals surface area contributed by atoms with Gasteiger partial charge in [0, 0.05) is 0 Å². The number of carbonyl (C=O) groups excluding carboxylic acids is 1. The lowest BCUT2D eigenvalue weighted by molar-refractivity contribution is -0.142. The van der Waals surface area contributed by atoms with E-state index in [-0.39, 0.29) is 12.5 Å². The zero-order valence-corrected chi connectivity index (χ0v) is 14.8. The summed E-state index contributed by atoms with van der Waals surface area (Å²) in [6, 6.07) is 6.81. The summed E-state index contributed by atoms with van der Waals surface area (Å²) >= 11 is 1.63. The molecule has 130 valence electrons. The van der Waals surface area contributed by atoms with Gasteiger partial charge in [-0.25, -0.2) is 9.78 Å². The molecule has 1 aromatic carbocycles. The van der Waals surface area contributed by atoms with Crippen LogP contribution in [0.15, 0.2) is 24.3 Å². The zero-order chi connectivity index (χ0) is 17.5. The minimum absolute atomic E-state index is 0.0757. The Kier molecular flexibility index (Phi) is 6.66. The molecule has 6 nitrogen and oxygen atoms in total. The molecule has 0 fully saturated rings. The number of imidazole rings is 1. The van der Waals surface area contributed by atoms with E-state index in [1.54, 1.807) is 11.8 Å². The van der Waals surface area contributed by atoms with Crippen molar-refractivity contribution in [2.24, 2.45) is 0 Å². The average Bonchev–Trinajstić information content (AvgIpc) is 2.89. The lowest BCUT2D eigenvalue weighted by Crippen LogP contribution is -2.42. The monoisotopic (exact) mass is 349 g/mol. The average molecular weight is 349 g/mol. The number of carboxylic acids is 1. The number of unbranched alkanes of at least 4 members (excludes halogenated alkanes) is 1. The van der Waals surface area contributed by atoms with E-state index in [0.717, 1.165) is 29.7 Å². The normalized spacial score (nSPS) is 12.2. The minimum atomic E-state index is -0.989. The first-order chi connectivity index (χ1) is 11.6. The number of nitrogens with one attached hydrogen (secondary N) is 1. The van der Waals surface area contributed by atoms with Gasteiger partial charge in [0.15, 0.2) is 0 Å². The fraction of sp³-hybridized carbons (Fsp3) is 0.471. The molecular weight excluding hydrogens is 326 g/mol. The molecule has 1 atom stereocenters. The molecule has 1 amide bonds. The standard InChI is InChI=1S/C17H23N3O3S/c1-3-4-7-13(17(22)23)19-16(21)10-20-14-9-6-5-8-12(14)18-15(20)11-24-2/h5-6,8-9,13H,3-4,7,10-11H2,1-2H3,(H,19,21)(H,22,23)/t13-/m0/s1. The number of aliphatic carboxylic acids is 1. The maximum Gasteiger partial charge on any atom is 0.326 e. The van der Waals surface area contributed by atoms with Crippen LogP contribution in [-0.2, 0) is 21.9 Å². The SMILES string of the molecule is CCCC[C@H](NC(=O)Cn1c(CSC)nc2ccccc21)C(=O)O. The molecule has 0 saturated carbocycles. The molecule has 0 radical (unpaired) electrons. The number of thioether (sulfide) groups is 1. The van der Waals surface area contributed by atoms with Crippen molar-refractivity contribution in [3.63, 3.8) is 0 Å². The Bertz CT molecular complexity index is 714. The van der Waals surface area contributed by atoms with Crippen LogP contribution < -0.4 is 5.32 Å². The maximum atomic E-state index is 12.4. The van der Waals surface area contributed by atoms with Crippen LogP contribution in [0, 0.1) is 0 Å². The van der Waals surface area contributed by atoms with Gasteiger partial charge in [-0.2, -0.15) is 11.8 Å². The van der Waals surface area contributed by atoms with E-state index in [1.165, 1.54) is 0 Å². The van der Waals surface area contributed by atoms with Crippen LogP contribution in [0.1, 0.15) is 32.0 Å². The summed E-state index contributed by atoms with van der Waals surface area (Å²) in [5, 5.41) is 11.9. The summed E-state index contributed by atoms with van der Waals surface area (Å²) in [4.78, 5) is 28.2.